The van der Waals surface area contributed by atoms with E-state index in [9.17, 15) is 12.8 Å². The molecular formula is C13H17FN2O2S. The Bertz CT molecular complexity index is 606. The van der Waals surface area contributed by atoms with E-state index in [0.717, 1.165) is 12.5 Å². The quantitative estimate of drug-likeness (QED) is 0.639. The van der Waals surface area contributed by atoms with Gasteiger partial charge in [-0.25, -0.2) is 12.8 Å². The number of rotatable bonds is 5. The van der Waals surface area contributed by atoms with Crippen LogP contribution >= 0.6 is 0 Å². The number of hydrogen-bond acceptors (Lipinski definition) is 3. The average molecular weight is 284 g/mol. The summed E-state index contributed by atoms with van der Waals surface area (Å²) in [6.07, 6.45) is 6.52. The topological polar surface area (TPSA) is 72.2 Å². The molecule has 4 nitrogen and oxygen atoms in total. The molecule has 1 aromatic carbocycles. The van der Waals surface area contributed by atoms with E-state index in [2.05, 4.69) is 10.6 Å². The van der Waals surface area contributed by atoms with Crippen molar-refractivity contribution < 1.29 is 12.8 Å². The van der Waals surface area contributed by atoms with Gasteiger partial charge in [0.25, 0.3) is 0 Å². The van der Waals surface area contributed by atoms with E-state index >= 15 is 0 Å². The summed E-state index contributed by atoms with van der Waals surface area (Å²) in [7, 11) is -3.88. The molecule has 0 saturated heterocycles. The molecule has 0 radical (unpaired) electrons. The van der Waals surface area contributed by atoms with Crippen LogP contribution in [0.5, 0.6) is 0 Å². The molecule has 0 saturated carbocycles. The zero-order chi connectivity index (χ0) is 14.6. The minimum absolute atomic E-state index is 0.0222. The van der Waals surface area contributed by atoms with Gasteiger partial charge in [-0.05, 0) is 25.5 Å². The molecule has 0 spiro atoms. The number of nitrogen functional groups attached to an aromatic ring is 1. The van der Waals surface area contributed by atoms with Crippen molar-refractivity contribution in [1.82, 2.24) is 4.72 Å². The van der Waals surface area contributed by atoms with E-state index in [-0.39, 0.29) is 16.1 Å². The van der Waals surface area contributed by atoms with Crippen molar-refractivity contribution in [1.29, 1.82) is 0 Å². The zero-order valence-electron chi connectivity index (χ0n) is 10.9. The minimum Gasteiger partial charge on any atom is -0.399 e. The normalized spacial score (nSPS) is 12.9. The first kappa shape index (κ1) is 15.5. The van der Waals surface area contributed by atoms with E-state index in [0.29, 0.717) is 6.42 Å². The Morgan fingerprint density at radius 2 is 2.16 bits per heavy atom. The third-order valence-corrected chi connectivity index (χ3v) is 4.28. The summed E-state index contributed by atoms with van der Waals surface area (Å²) in [6.45, 7) is 3.28. The van der Waals surface area contributed by atoms with Crippen LogP contribution in [0.15, 0.2) is 17.0 Å². The summed E-state index contributed by atoms with van der Waals surface area (Å²) < 4.78 is 40.2. The number of benzene rings is 1. The summed E-state index contributed by atoms with van der Waals surface area (Å²) in [5, 5.41) is 0. The molecule has 0 fully saturated rings. The Hall–Kier alpha value is -1.58. The maximum Gasteiger partial charge on any atom is 0.242 e. The number of anilines is 1. The maximum atomic E-state index is 13.5. The lowest BCUT2D eigenvalue weighted by atomic mass is 10.2. The molecule has 3 N–H and O–H groups in total. The highest BCUT2D eigenvalue weighted by molar-refractivity contribution is 7.89. The van der Waals surface area contributed by atoms with Crippen LogP contribution in [0.4, 0.5) is 10.1 Å². The number of nitrogens with two attached hydrogens (primary N) is 1. The van der Waals surface area contributed by atoms with Crippen LogP contribution in [0.1, 0.15) is 25.3 Å². The van der Waals surface area contributed by atoms with Gasteiger partial charge in [0.15, 0.2) is 0 Å². The first-order valence-electron chi connectivity index (χ1n) is 5.86. The largest absolute Gasteiger partial charge is 0.399 e. The molecule has 6 heteroatoms. The third-order valence-electron chi connectivity index (χ3n) is 2.68. The van der Waals surface area contributed by atoms with Crippen LogP contribution in [0, 0.1) is 25.1 Å². The molecule has 1 aromatic rings. The molecule has 1 atom stereocenters. The first-order chi connectivity index (χ1) is 8.81. The van der Waals surface area contributed by atoms with Gasteiger partial charge in [-0.15, -0.1) is 6.42 Å². The second-order valence-corrected chi connectivity index (χ2v) is 5.94. The van der Waals surface area contributed by atoms with Crippen LogP contribution in [0.25, 0.3) is 0 Å². The summed E-state index contributed by atoms with van der Waals surface area (Å²) in [5.74, 6) is 1.70. The number of sulfonamides is 1. The molecule has 0 heterocycles. The summed E-state index contributed by atoms with van der Waals surface area (Å²) in [4.78, 5) is -0.179. The SMILES string of the molecule is C#CC(CCC)NS(=O)(=O)c1cc(N)cc(F)c1C. The van der Waals surface area contributed by atoms with Crippen LogP contribution in [-0.4, -0.2) is 14.5 Å². The van der Waals surface area contributed by atoms with E-state index < -0.39 is 21.9 Å². The van der Waals surface area contributed by atoms with Gasteiger partial charge in [0.2, 0.25) is 10.0 Å². The summed E-state index contributed by atoms with van der Waals surface area (Å²) in [6, 6.07) is 1.69. The van der Waals surface area contributed by atoms with Gasteiger partial charge in [-0.2, -0.15) is 4.72 Å². The molecule has 0 aliphatic rings. The fraction of sp³-hybridized carbons (Fsp3) is 0.385. The second-order valence-electron chi connectivity index (χ2n) is 4.26. The van der Waals surface area contributed by atoms with E-state index in [1.54, 1.807) is 0 Å². The van der Waals surface area contributed by atoms with Gasteiger partial charge in [-0.1, -0.05) is 19.3 Å². The summed E-state index contributed by atoms with van der Waals surface area (Å²) in [5.41, 5.74) is 5.55. The molecule has 19 heavy (non-hydrogen) atoms. The van der Waals surface area contributed by atoms with Crippen LogP contribution < -0.4 is 10.5 Å². The van der Waals surface area contributed by atoms with Crippen molar-refractivity contribution in [3.63, 3.8) is 0 Å². The van der Waals surface area contributed by atoms with Gasteiger partial charge in [0.05, 0.1) is 10.9 Å². The molecule has 0 amide bonds. The van der Waals surface area contributed by atoms with Crippen molar-refractivity contribution in [3.05, 3.63) is 23.5 Å². The first-order valence-corrected chi connectivity index (χ1v) is 7.34. The monoisotopic (exact) mass is 284 g/mol. The fourth-order valence-electron chi connectivity index (χ4n) is 1.67. The predicted octanol–water partition coefficient (Wildman–Crippen LogP) is 1.80. The standard InChI is InChI=1S/C13H17FN2O2S/c1-4-6-11(5-2)16-19(17,18)13-8-10(15)7-12(14)9(13)3/h2,7-8,11,16H,4,6,15H2,1,3H3. The Morgan fingerprint density at radius 1 is 1.53 bits per heavy atom. The third kappa shape index (κ3) is 3.69. The van der Waals surface area contributed by atoms with Crippen LogP contribution in [0.3, 0.4) is 0 Å². The highest BCUT2D eigenvalue weighted by atomic mass is 32.2. The van der Waals surface area contributed by atoms with E-state index in [1.807, 2.05) is 6.92 Å². The van der Waals surface area contributed by atoms with Gasteiger partial charge >= 0.3 is 0 Å². The van der Waals surface area contributed by atoms with E-state index in [4.69, 9.17) is 12.2 Å². The Balaban J connectivity index is 3.18. The fourth-order valence-corrected chi connectivity index (χ4v) is 3.15. The Labute approximate surface area is 113 Å². The highest BCUT2D eigenvalue weighted by Crippen LogP contribution is 2.22. The van der Waals surface area contributed by atoms with Gasteiger partial charge in [-0.3, -0.25) is 0 Å². The molecule has 1 rings (SSSR count). The molecule has 1 unspecified atom stereocenters. The van der Waals surface area contributed by atoms with Crippen molar-refractivity contribution in [2.75, 3.05) is 5.73 Å². The molecule has 0 aliphatic heterocycles. The Morgan fingerprint density at radius 3 is 2.68 bits per heavy atom. The van der Waals surface area contributed by atoms with E-state index in [1.165, 1.54) is 13.0 Å². The minimum atomic E-state index is -3.88. The van der Waals surface area contributed by atoms with Crippen LogP contribution in [-0.2, 0) is 10.0 Å². The van der Waals surface area contributed by atoms with Crippen molar-refractivity contribution in [2.24, 2.45) is 0 Å². The molecule has 0 aliphatic carbocycles. The smallest absolute Gasteiger partial charge is 0.242 e. The lowest BCUT2D eigenvalue weighted by Gasteiger charge is -2.15. The number of nitrogens with one attached hydrogen (secondary N) is 1. The van der Waals surface area contributed by atoms with Crippen molar-refractivity contribution in [3.8, 4) is 12.3 Å². The average Bonchev–Trinajstić information content (AvgIpc) is 2.32. The number of hydrogen-bond donors (Lipinski definition) is 2. The lowest BCUT2D eigenvalue weighted by molar-refractivity contribution is 0.559. The second kappa shape index (κ2) is 6.04. The summed E-state index contributed by atoms with van der Waals surface area (Å²) >= 11 is 0. The van der Waals surface area contributed by atoms with Gasteiger partial charge in [0.1, 0.15) is 5.82 Å². The van der Waals surface area contributed by atoms with Gasteiger partial charge < -0.3 is 5.73 Å². The van der Waals surface area contributed by atoms with Crippen molar-refractivity contribution in [2.45, 2.75) is 37.6 Å². The van der Waals surface area contributed by atoms with Gasteiger partial charge in [0, 0.05) is 11.3 Å². The predicted molar refractivity (Wildman–Crippen MR) is 73.4 cm³/mol. The maximum absolute atomic E-state index is 13.5. The highest BCUT2D eigenvalue weighted by Gasteiger charge is 2.22. The molecular weight excluding hydrogens is 267 g/mol. The lowest BCUT2D eigenvalue weighted by Crippen LogP contribution is -2.34. The van der Waals surface area contributed by atoms with Crippen molar-refractivity contribution >= 4 is 15.7 Å². The van der Waals surface area contributed by atoms with Crippen LogP contribution in [0.2, 0.25) is 0 Å². The Kier molecular flexibility index (Phi) is 4.92. The number of halogens is 1. The zero-order valence-corrected chi connectivity index (χ0v) is 11.7. The molecule has 0 bridgehead atoms. The molecule has 104 valence electrons. The number of terminal acetylenes is 1. The molecule has 0 aromatic heterocycles.